The van der Waals surface area contributed by atoms with Gasteiger partial charge in [-0.25, -0.2) is 5.43 Å². The van der Waals surface area contributed by atoms with Gasteiger partial charge < -0.3 is 9.15 Å². The largest absolute Gasteiger partial charge is 0.482 e. The number of halogens is 3. The molecule has 0 bridgehead atoms. The molecule has 1 aromatic heterocycles. The predicted molar refractivity (Wildman–Crippen MR) is 88.7 cm³/mol. The minimum atomic E-state index is -0.420. The lowest BCUT2D eigenvalue weighted by Gasteiger charge is -2.07. The molecule has 22 heavy (non-hydrogen) atoms. The van der Waals surface area contributed by atoms with E-state index in [-0.39, 0.29) is 6.61 Å². The van der Waals surface area contributed by atoms with Gasteiger partial charge in [-0.3, -0.25) is 4.79 Å². The van der Waals surface area contributed by atoms with Crippen LogP contribution in [0.25, 0.3) is 0 Å². The van der Waals surface area contributed by atoms with E-state index in [4.69, 9.17) is 32.4 Å². The van der Waals surface area contributed by atoms with Crippen molar-refractivity contribution in [1.29, 1.82) is 0 Å². The fraction of sp³-hybridized carbons (Fsp3) is 0.143. The summed E-state index contributed by atoms with van der Waals surface area (Å²) in [4.78, 5) is 11.7. The standard InChI is InChI=1S/C14H11BrCl2N2O3/c1-8(11-4-5-13(15)22-11)18-19-14(20)7-21-12-3-2-9(16)6-10(12)17/h2-6H,7H2,1H3,(H,19,20)/b18-8-. The van der Waals surface area contributed by atoms with Crippen molar-refractivity contribution in [1.82, 2.24) is 5.43 Å². The van der Waals surface area contributed by atoms with Gasteiger partial charge >= 0.3 is 0 Å². The third-order valence-corrected chi connectivity index (χ3v) is 3.49. The molecule has 116 valence electrons. The van der Waals surface area contributed by atoms with Crippen molar-refractivity contribution < 1.29 is 13.9 Å². The van der Waals surface area contributed by atoms with Gasteiger partial charge in [-0.1, -0.05) is 23.2 Å². The molecular formula is C14H11BrCl2N2O3. The number of hydrazone groups is 1. The van der Waals surface area contributed by atoms with Gasteiger partial charge in [-0.2, -0.15) is 5.10 Å². The van der Waals surface area contributed by atoms with Crippen LogP contribution in [-0.4, -0.2) is 18.2 Å². The van der Waals surface area contributed by atoms with E-state index in [1.165, 1.54) is 6.07 Å². The third kappa shape index (κ3) is 4.76. The lowest BCUT2D eigenvalue weighted by molar-refractivity contribution is -0.123. The highest BCUT2D eigenvalue weighted by molar-refractivity contribution is 9.10. The number of carbonyl (C=O) groups excluding carboxylic acids is 1. The van der Waals surface area contributed by atoms with E-state index in [9.17, 15) is 4.79 Å². The van der Waals surface area contributed by atoms with Gasteiger partial charge in [0.05, 0.1) is 5.02 Å². The second-order valence-corrected chi connectivity index (χ2v) is 5.82. The minimum Gasteiger partial charge on any atom is -0.482 e. The molecule has 0 atom stereocenters. The van der Waals surface area contributed by atoms with Gasteiger partial charge in [0.25, 0.3) is 5.91 Å². The van der Waals surface area contributed by atoms with Crippen molar-refractivity contribution in [2.45, 2.75) is 6.92 Å². The summed E-state index contributed by atoms with van der Waals surface area (Å²) >= 11 is 14.9. The summed E-state index contributed by atoms with van der Waals surface area (Å²) in [6, 6.07) is 8.22. The van der Waals surface area contributed by atoms with Crippen LogP contribution in [-0.2, 0) is 4.79 Å². The zero-order valence-corrected chi connectivity index (χ0v) is 14.5. The average molecular weight is 406 g/mol. The Balaban J connectivity index is 1.88. The highest BCUT2D eigenvalue weighted by Crippen LogP contribution is 2.27. The van der Waals surface area contributed by atoms with Crippen LogP contribution >= 0.6 is 39.1 Å². The zero-order valence-electron chi connectivity index (χ0n) is 11.4. The molecule has 0 saturated carbocycles. The van der Waals surface area contributed by atoms with Crippen LogP contribution in [0.5, 0.6) is 5.75 Å². The van der Waals surface area contributed by atoms with Gasteiger partial charge in [-0.05, 0) is 53.2 Å². The third-order valence-electron chi connectivity index (χ3n) is 2.53. The number of nitrogens with zero attached hydrogens (tertiary/aromatic N) is 1. The fourth-order valence-corrected chi connectivity index (χ4v) is 2.25. The highest BCUT2D eigenvalue weighted by atomic mass is 79.9. The van der Waals surface area contributed by atoms with Gasteiger partial charge in [0.2, 0.25) is 0 Å². The molecule has 1 heterocycles. The number of nitrogens with one attached hydrogen (secondary N) is 1. The van der Waals surface area contributed by atoms with Gasteiger partial charge in [0, 0.05) is 5.02 Å². The summed E-state index contributed by atoms with van der Waals surface area (Å²) < 4.78 is 11.2. The zero-order chi connectivity index (χ0) is 16.1. The molecule has 2 rings (SSSR count). The average Bonchev–Trinajstić information content (AvgIpc) is 2.90. The van der Waals surface area contributed by atoms with Crippen LogP contribution < -0.4 is 10.2 Å². The van der Waals surface area contributed by atoms with E-state index >= 15 is 0 Å². The molecule has 2 aromatic rings. The number of benzene rings is 1. The number of furan rings is 1. The highest BCUT2D eigenvalue weighted by Gasteiger charge is 2.07. The number of hydrogen-bond donors (Lipinski definition) is 1. The maximum Gasteiger partial charge on any atom is 0.277 e. The first-order valence-electron chi connectivity index (χ1n) is 6.12. The Labute approximate surface area is 145 Å². The Hall–Kier alpha value is -1.50. The van der Waals surface area contributed by atoms with Crippen LogP contribution in [0.2, 0.25) is 10.0 Å². The van der Waals surface area contributed by atoms with Crippen LogP contribution in [0, 0.1) is 0 Å². The number of amides is 1. The molecule has 8 heteroatoms. The molecule has 0 fully saturated rings. The monoisotopic (exact) mass is 404 g/mol. The Morgan fingerprint density at radius 1 is 1.36 bits per heavy atom. The summed E-state index contributed by atoms with van der Waals surface area (Å²) in [5.74, 6) is 0.502. The van der Waals surface area contributed by atoms with Crippen molar-refractivity contribution in [2.24, 2.45) is 5.10 Å². The van der Waals surface area contributed by atoms with Crippen LogP contribution in [0.15, 0.2) is 44.5 Å². The Morgan fingerprint density at radius 2 is 2.14 bits per heavy atom. The van der Waals surface area contributed by atoms with Crippen molar-refractivity contribution in [3.63, 3.8) is 0 Å². The molecule has 0 spiro atoms. The molecule has 0 aliphatic heterocycles. The van der Waals surface area contributed by atoms with E-state index < -0.39 is 5.91 Å². The number of ether oxygens (including phenoxy) is 1. The van der Waals surface area contributed by atoms with Crippen LogP contribution in [0.1, 0.15) is 12.7 Å². The Kier molecular flexibility index (Phi) is 5.88. The van der Waals surface area contributed by atoms with Crippen molar-refractivity contribution in [3.05, 3.63) is 50.8 Å². The first-order valence-corrected chi connectivity index (χ1v) is 7.67. The van der Waals surface area contributed by atoms with E-state index in [2.05, 4.69) is 26.5 Å². The van der Waals surface area contributed by atoms with E-state index in [0.717, 1.165) is 0 Å². The molecule has 0 aliphatic rings. The molecule has 1 N–H and O–H groups in total. The molecule has 0 aliphatic carbocycles. The second kappa shape index (κ2) is 7.67. The lowest BCUT2D eigenvalue weighted by atomic mass is 10.3. The van der Waals surface area contributed by atoms with E-state index in [1.807, 2.05) is 0 Å². The quantitative estimate of drug-likeness (QED) is 0.596. The van der Waals surface area contributed by atoms with Crippen molar-refractivity contribution in [2.75, 3.05) is 6.61 Å². The van der Waals surface area contributed by atoms with Crippen LogP contribution in [0.3, 0.4) is 0 Å². The maximum absolute atomic E-state index is 11.7. The first kappa shape index (κ1) is 16.9. The van der Waals surface area contributed by atoms with Crippen molar-refractivity contribution in [3.8, 4) is 5.75 Å². The normalized spacial score (nSPS) is 11.4. The van der Waals surface area contributed by atoms with Gasteiger partial charge in [-0.15, -0.1) is 0 Å². The summed E-state index contributed by atoms with van der Waals surface area (Å²) in [5.41, 5.74) is 2.90. The number of carbonyl (C=O) groups is 1. The Morgan fingerprint density at radius 3 is 2.77 bits per heavy atom. The summed E-state index contributed by atoms with van der Waals surface area (Å²) in [6.45, 7) is 1.49. The fourth-order valence-electron chi connectivity index (χ4n) is 1.48. The molecule has 0 saturated heterocycles. The van der Waals surface area contributed by atoms with Crippen LogP contribution in [0.4, 0.5) is 0 Å². The molecule has 5 nitrogen and oxygen atoms in total. The van der Waals surface area contributed by atoms with E-state index in [1.54, 1.807) is 31.2 Å². The number of rotatable bonds is 5. The molecule has 1 aromatic carbocycles. The second-order valence-electron chi connectivity index (χ2n) is 4.20. The van der Waals surface area contributed by atoms with Gasteiger partial charge in [0.1, 0.15) is 11.5 Å². The summed E-state index contributed by atoms with van der Waals surface area (Å²) in [7, 11) is 0. The lowest BCUT2D eigenvalue weighted by Crippen LogP contribution is -2.25. The molecular weight excluding hydrogens is 395 g/mol. The SMILES string of the molecule is C/C(=N/NC(=O)COc1ccc(Cl)cc1Cl)c1ccc(Br)o1. The maximum atomic E-state index is 11.7. The Bertz CT molecular complexity index is 716. The van der Waals surface area contributed by atoms with Crippen molar-refractivity contribution >= 4 is 50.8 Å². The molecule has 0 radical (unpaired) electrons. The predicted octanol–water partition coefficient (Wildman–Crippen LogP) is 4.27. The minimum absolute atomic E-state index is 0.222. The summed E-state index contributed by atoms with van der Waals surface area (Å²) in [5, 5.41) is 4.75. The van der Waals surface area contributed by atoms with E-state index in [0.29, 0.717) is 31.9 Å². The topological polar surface area (TPSA) is 63.8 Å². The summed E-state index contributed by atoms with van der Waals surface area (Å²) in [6.07, 6.45) is 0. The number of hydrogen-bond acceptors (Lipinski definition) is 4. The van der Waals surface area contributed by atoms with Gasteiger partial charge in [0.15, 0.2) is 17.0 Å². The molecule has 1 amide bonds. The first-order chi connectivity index (χ1) is 10.5. The molecule has 0 unspecified atom stereocenters. The smallest absolute Gasteiger partial charge is 0.277 e.